The lowest BCUT2D eigenvalue weighted by atomic mass is 10.1. The van der Waals surface area contributed by atoms with Gasteiger partial charge in [0.1, 0.15) is 5.75 Å². The molecule has 0 unspecified atom stereocenters. The number of hydrogen-bond donors (Lipinski definition) is 1. The van der Waals surface area contributed by atoms with Crippen LogP contribution in [0.3, 0.4) is 0 Å². The summed E-state index contributed by atoms with van der Waals surface area (Å²) in [6.45, 7) is 4.89. The van der Waals surface area contributed by atoms with E-state index in [4.69, 9.17) is 16.3 Å². The highest BCUT2D eigenvalue weighted by atomic mass is 35.5. The Balaban J connectivity index is 1.56. The second kappa shape index (κ2) is 9.08. The molecular weight excluding hydrogens is 378 g/mol. The molecule has 0 bridgehead atoms. The smallest absolute Gasteiger partial charge is 0.262 e. The number of piperazine rings is 1. The summed E-state index contributed by atoms with van der Waals surface area (Å²) in [5.74, 6) is 0.268. The molecule has 0 atom stereocenters. The van der Waals surface area contributed by atoms with Crippen LogP contribution in [-0.2, 0) is 4.79 Å². The molecule has 0 saturated carbocycles. The first-order valence-corrected chi connectivity index (χ1v) is 9.57. The average Bonchev–Trinajstić information content (AvgIpc) is 2.69. The topological polar surface area (TPSA) is 61.9 Å². The highest BCUT2D eigenvalue weighted by Crippen LogP contribution is 2.21. The monoisotopic (exact) mass is 401 g/mol. The van der Waals surface area contributed by atoms with Crippen LogP contribution in [0, 0.1) is 6.92 Å². The number of hydrogen-bond acceptors (Lipinski definition) is 4. The van der Waals surface area contributed by atoms with E-state index >= 15 is 0 Å². The molecule has 1 aliphatic rings. The quantitative estimate of drug-likeness (QED) is 0.836. The lowest BCUT2D eigenvalue weighted by Gasteiger charge is -2.32. The number of ether oxygens (including phenoxy) is 1. The van der Waals surface area contributed by atoms with Gasteiger partial charge in [-0.25, -0.2) is 0 Å². The summed E-state index contributed by atoms with van der Waals surface area (Å²) in [4.78, 5) is 28.9. The number of carbonyl (C=O) groups excluding carboxylic acids is 2. The first-order chi connectivity index (χ1) is 13.4. The number of likely N-dealkylation sites (N-methyl/N-ethyl adjacent to an activating group) is 1. The summed E-state index contributed by atoms with van der Waals surface area (Å²) in [6, 6.07) is 12.2. The Labute approximate surface area is 170 Å². The first-order valence-electron chi connectivity index (χ1n) is 9.19. The molecule has 1 heterocycles. The van der Waals surface area contributed by atoms with Crippen LogP contribution in [0.5, 0.6) is 5.75 Å². The van der Waals surface area contributed by atoms with Crippen LogP contribution < -0.4 is 10.1 Å². The highest BCUT2D eigenvalue weighted by Gasteiger charge is 2.20. The van der Waals surface area contributed by atoms with E-state index in [2.05, 4.69) is 10.2 Å². The number of nitrogens with zero attached hydrogens (tertiary/aromatic N) is 2. The van der Waals surface area contributed by atoms with E-state index < -0.39 is 0 Å². The number of benzene rings is 2. The molecule has 0 aromatic heterocycles. The molecule has 1 fully saturated rings. The van der Waals surface area contributed by atoms with Gasteiger partial charge in [0.15, 0.2) is 6.61 Å². The molecule has 3 rings (SSSR count). The molecule has 148 valence electrons. The Kier molecular flexibility index (Phi) is 6.54. The standard InChI is InChI=1S/C21H24ClN3O3/c1-15-12-18(6-7-19(15)22)28-14-20(26)23-17-5-3-4-16(13-17)21(27)25-10-8-24(2)9-11-25/h3-7,12-13H,8-11,14H2,1-2H3,(H,23,26). The van der Waals surface area contributed by atoms with Gasteiger partial charge < -0.3 is 19.9 Å². The predicted molar refractivity (Wildman–Crippen MR) is 110 cm³/mol. The van der Waals surface area contributed by atoms with Crippen molar-refractivity contribution in [2.24, 2.45) is 0 Å². The van der Waals surface area contributed by atoms with Gasteiger partial charge >= 0.3 is 0 Å². The van der Waals surface area contributed by atoms with Crippen molar-refractivity contribution in [1.82, 2.24) is 9.80 Å². The van der Waals surface area contributed by atoms with Gasteiger partial charge in [0.2, 0.25) is 0 Å². The Morgan fingerprint density at radius 1 is 1.11 bits per heavy atom. The third-order valence-corrected chi connectivity index (χ3v) is 5.11. The Hall–Kier alpha value is -2.57. The van der Waals surface area contributed by atoms with Crippen molar-refractivity contribution in [2.45, 2.75) is 6.92 Å². The maximum Gasteiger partial charge on any atom is 0.262 e. The maximum absolute atomic E-state index is 12.7. The normalized spacial score (nSPS) is 14.6. The van der Waals surface area contributed by atoms with Gasteiger partial charge in [0, 0.05) is 42.5 Å². The Bertz CT molecular complexity index is 864. The number of nitrogens with one attached hydrogen (secondary N) is 1. The summed E-state index contributed by atoms with van der Waals surface area (Å²) in [5, 5.41) is 3.43. The van der Waals surface area contributed by atoms with E-state index in [0.717, 1.165) is 18.7 Å². The average molecular weight is 402 g/mol. The van der Waals surface area contributed by atoms with Crippen LogP contribution in [0.2, 0.25) is 5.02 Å². The van der Waals surface area contributed by atoms with Crippen LogP contribution in [0.15, 0.2) is 42.5 Å². The zero-order valence-corrected chi connectivity index (χ0v) is 16.8. The fourth-order valence-electron chi connectivity index (χ4n) is 2.98. The molecule has 1 saturated heterocycles. The van der Waals surface area contributed by atoms with E-state index in [0.29, 0.717) is 35.1 Å². The van der Waals surface area contributed by atoms with E-state index in [9.17, 15) is 9.59 Å². The lowest BCUT2D eigenvalue weighted by molar-refractivity contribution is -0.118. The van der Waals surface area contributed by atoms with Crippen LogP contribution in [-0.4, -0.2) is 61.4 Å². The number of rotatable bonds is 5. The third kappa shape index (κ3) is 5.24. The van der Waals surface area contributed by atoms with E-state index in [-0.39, 0.29) is 18.4 Å². The Morgan fingerprint density at radius 2 is 1.86 bits per heavy atom. The first kappa shape index (κ1) is 20.2. The van der Waals surface area contributed by atoms with Crippen LogP contribution in [0.4, 0.5) is 5.69 Å². The number of anilines is 1. The fourth-order valence-corrected chi connectivity index (χ4v) is 3.09. The van der Waals surface area contributed by atoms with Crippen molar-refractivity contribution in [3.63, 3.8) is 0 Å². The minimum absolute atomic E-state index is 0.0166. The van der Waals surface area contributed by atoms with Gasteiger partial charge in [-0.2, -0.15) is 0 Å². The predicted octanol–water partition coefficient (Wildman–Crippen LogP) is 3.05. The van der Waals surface area contributed by atoms with Crippen LogP contribution in [0.25, 0.3) is 0 Å². The van der Waals surface area contributed by atoms with Crippen molar-refractivity contribution >= 4 is 29.1 Å². The van der Waals surface area contributed by atoms with Gasteiger partial charge in [0.25, 0.3) is 11.8 Å². The Morgan fingerprint density at radius 3 is 2.57 bits per heavy atom. The molecule has 2 aromatic rings. The molecule has 6 nitrogen and oxygen atoms in total. The molecule has 1 aliphatic heterocycles. The van der Waals surface area contributed by atoms with E-state index in [1.165, 1.54) is 0 Å². The largest absolute Gasteiger partial charge is 0.484 e. The lowest BCUT2D eigenvalue weighted by Crippen LogP contribution is -2.47. The van der Waals surface area contributed by atoms with Gasteiger partial charge in [0.05, 0.1) is 0 Å². The SMILES string of the molecule is Cc1cc(OCC(=O)Nc2cccc(C(=O)N3CCN(C)CC3)c2)ccc1Cl. The van der Waals surface area contributed by atoms with Gasteiger partial charge in [-0.3, -0.25) is 9.59 Å². The molecular formula is C21H24ClN3O3. The van der Waals surface area contributed by atoms with Crippen molar-refractivity contribution in [1.29, 1.82) is 0 Å². The molecule has 28 heavy (non-hydrogen) atoms. The molecule has 1 N–H and O–H groups in total. The minimum Gasteiger partial charge on any atom is -0.484 e. The zero-order chi connectivity index (χ0) is 20.1. The van der Waals surface area contributed by atoms with Crippen molar-refractivity contribution in [3.8, 4) is 5.75 Å². The number of amides is 2. The summed E-state index contributed by atoms with van der Waals surface area (Å²) in [6.07, 6.45) is 0. The minimum atomic E-state index is -0.295. The van der Waals surface area contributed by atoms with Crippen molar-refractivity contribution in [3.05, 3.63) is 58.6 Å². The second-order valence-electron chi connectivity index (χ2n) is 6.92. The maximum atomic E-state index is 12.7. The second-order valence-corrected chi connectivity index (χ2v) is 7.33. The number of carbonyl (C=O) groups is 2. The number of aryl methyl sites for hydroxylation is 1. The van der Waals surface area contributed by atoms with Gasteiger partial charge in [-0.15, -0.1) is 0 Å². The van der Waals surface area contributed by atoms with Crippen LogP contribution >= 0.6 is 11.6 Å². The summed E-state index contributed by atoms with van der Waals surface area (Å²) >= 11 is 5.99. The van der Waals surface area contributed by atoms with Gasteiger partial charge in [-0.1, -0.05) is 17.7 Å². The van der Waals surface area contributed by atoms with Crippen molar-refractivity contribution < 1.29 is 14.3 Å². The molecule has 2 aromatic carbocycles. The summed E-state index contributed by atoms with van der Waals surface area (Å²) in [5.41, 5.74) is 2.02. The molecule has 2 amide bonds. The van der Waals surface area contributed by atoms with Gasteiger partial charge in [-0.05, 0) is 55.9 Å². The highest BCUT2D eigenvalue weighted by molar-refractivity contribution is 6.31. The third-order valence-electron chi connectivity index (χ3n) is 4.68. The van der Waals surface area contributed by atoms with E-state index in [1.54, 1.807) is 42.5 Å². The molecule has 0 spiro atoms. The summed E-state index contributed by atoms with van der Waals surface area (Å²) in [7, 11) is 2.05. The van der Waals surface area contributed by atoms with Crippen LogP contribution in [0.1, 0.15) is 15.9 Å². The number of halogens is 1. The van der Waals surface area contributed by atoms with E-state index in [1.807, 2.05) is 18.9 Å². The molecule has 0 aliphatic carbocycles. The molecule has 7 heteroatoms. The van der Waals surface area contributed by atoms with Crippen molar-refractivity contribution in [2.75, 3.05) is 45.2 Å². The zero-order valence-electron chi connectivity index (χ0n) is 16.1. The molecule has 0 radical (unpaired) electrons. The summed E-state index contributed by atoms with van der Waals surface area (Å²) < 4.78 is 5.51. The fraction of sp³-hybridized carbons (Fsp3) is 0.333.